The standard InChI is InChI=1S/C15H22FNO3/c1-14(2,19)7-8-15(10-17,13(18)20-3)11-5-4-6-12(16)9-11/h4-6,9,19H,7-8,10,17H2,1-3H3. The first-order valence-corrected chi connectivity index (χ1v) is 6.52. The Labute approximate surface area is 118 Å². The third-order valence-corrected chi connectivity index (χ3v) is 3.47. The molecule has 0 aliphatic rings. The quantitative estimate of drug-likeness (QED) is 0.780. The van der Waals surface area contributed by atoms with Gasteiger partial charge in [0.2, 0.25) is 0 Å². The monoisotopic (exact) mass is 283 g/mol. The Morgan fingerprint density at radius 2 is 2.05 bits per heavy atom. The molecule has 0 radical (unpaired) electrons. The zero-order valence-corrected chi connectivity index (χ0v) is 12.1. The molecule has 0 fully saturated rings. The van der Waals surface area contributed by atoms with Gasteiger partial charge in [0.1, 0.15) is 11.2 Å². The van der Waals surface area contributed by atoms with Crippen molar-refractivity contribution in [3.05, 3.63) is 35.6 Å². The summed E-state index contributed by atoms with van der Waals surface area (Å²) >= 11 is 0. The number of nitrogens with two attached hydrogens (primary N) is 1. The van der Waals surface area contributed by atoms with Crippen molar-refractivity contribution in [2.24, 2.45) is 5.73 Å². The molecule has 1 atom stereocenters. The van der Waals surface area contributed by atoms with E-state index in [1.165, 1.54) is 25.3 Å². The van der Waals surface area contributed by atoms with E-state index in [4.69, 9.17) is 10.5 Å². The second-order valence-corrected chi connectivity index (χ2v) is 5.60. The molecular weight excluding hydrogens is 261 g/mol. The van der Waals surface area contributed by atoms with Crippen molar-refractivity contribution < 1.29 is 19.0 Å². The van der Waals surface area contributed by atoms with Gasteiger partial charge in [-0.15, -0.1) is 0 Å². The maximum atomic E-state index is 13.4. The van der Waals surface area contributed by atoms with Gasteiger partial charge in [-0.1, -0.05) is 12.1 Å². The number of rotatable bonds is 6. The van der Waals surface area contributed by atoms with Crippen LogP contribution in [0.25, 0.3) is 0 Å². The molecule has 4 nitrogen and oxygen atoms in total. The van der Waals surface area contributed by atoms with Gasteiger partial charge in [0.05, 0.1) is 12.7 Å². The van der Waals surface area contributed by atoms with E-state index in [0.717, 1.165) is 0 Å². The molecule has 0 bridgehead atoms. The van der Waals surface area contributed by atoms with Crippen LogP contribution in [0.2, 0.25) is 0 Å². The molecule has 0 aliphatic heterocycles. The van der Waals surface area contributed by atoms with Gasteiger partial charge in [-0.05, 0) is 44.4 Å². The number of methoxy groups -OCH3 is 1. The SMILES string of the molecule is COC(=O)C(CN)(CCC(C)(C)O)c1cccc(F)c1. The molecule has 0 amide bonds. The predicted octanol–water partition coefficient (Wildman–Crippen LogP) is 1.75. The third kappa shape index (κ3) is 3.77. The Morgan fingerprint density at radius 1 is 1.40 bits per heavy atom. The van der Waals surface area contributed by atoms with E-state index < -0.39 is 22.8 Å². The maximum absolute atomic E-state index is 13.4. The number of esters is 1. The van der Waals surface area contributed by atoms with Crippen LogP contribution in [-0.2, 0) is 14.9 Å². The first-order valence-electron chi connectivity index (χ1n) is 6.52. The molecule has 112 valence electrons. The average Bonchev–Trinajstić information content (AvgIpc) is 2.38. The van der Waals surface area contributed by atoms with Gasteiger partial charge >= 0.3 is 5.97 Å². The number of hydrogen-bond donors (Lipinski definition) is 2. The van der Waals surface area contributed by atoms with Crippen LogP contribution < -0.4 is 5.73 Å². The predicted molar refractivity (Wildman–Crippen MR) is 74.7 cm³/mol. The summed E-state index contributed by atoms with van der Waals surface area (Å²) in [5.41, 5.74) is 4.17. The van der Waals surface area contributed by atoms with E-state index in [1.807, 2.05) is 0 Å². The molecule has 0 aromatic heterocycles. The molecule has 0 heterocycles. The Morgan fingerprint density at radius 3 is 2.50 bits per heavy atom. The number of carbonyl (C=O) groups excluding carboxylic acids is 1. The Bertz CT molecular complexity index is 470. The van der Waals surface area contributed by atoms with E-state index >= 15 is 0 Å². The van der Waals surface area contributed by atoms with Crippen molar-refractivity contribution in [3.63, 3.8) is 0 Å². The van der Waals surface area contributed by atoms with Crippen molar-refractivity contribution in [2.75, 3.05) is 13.7 Å². The molecule has 20 heavy (non-hydrogen) atoms. The highest BCUT2D eigenvalue weighted by Gasteiger charge is 2.41. The van der Waals surface area contributed by atoms with Crippen molar-refractivity contribution >= 4 is 5.97 Å². The highest BCUT2D eigenvalue weighted by Crippen LogP contribution is 2.32. The Hall–Kier alpha value is -1.46. The molecule has 1 rings (SSSR count). The first-order chi connectivity index (χ1) is 9.25. The summed E-state index contributed by atoms with van der Waals surface area (Å²) in [6.45, 7) is 3.29. The number of ether oxygens (including phenoxy) is 1. The van der Waals surface area contributed by atoms with Gasteiger partial charge in [0.25, 0.3) is 0 Å². The van der Waals surface area contributed by atoms with E-state index in [1.54, 1.807) is 19.9 Å². The number of halogens is 1. The van der Waals surface area contributed by atoms with Crippen molar-refractivity contribution in [2.45, 2.75) is 37.7 Å². The maximum Gasteiger partial charge on any atom is 0.317 e. The molecular formula is C15H22FNO3. The van der Waals surface area contributed by atoms with Gasteiger partial charge in [-0.25, -0.2) is 4.39 Å². The molecule has 1 aromatic carbocycles. The number of aliphatic hydroxyl groups is 1. The Balaban J connectivity index is 3.21. The van der Waals surface area contributed by atoms with Crippen LogP contribution in [0.15, 0.2) is 24.3 Å². The highest BCUT2D eigenvalue weighted by atomic mass is 19.1. The second-order valence-electron chi connectivity index (χ2n) is 5.60. The topological polar surface area (TPSA) is 72.5 Å². The zero-order valence-electron chi connectivity index (χ0n) is 12.1. The summed E-state index contributed by atoms with van der Waals surface area (Å²) in [4.78, 5) is 12.2. The summed E-state index contributed by atoms with van der Waals surface area (Å²) in [7, 11) is 1.27. The Kier molecular flexibility index (Phi) is 5.25. The fourth-order valence-corrected chi connectivity index (χ4v) is 2.17. The van der Waals surface area contributed by atoms with Crippen LogP contribution in [0.3, 0.4) is 0 Å². The minimum atomic E-state index is -1.14. The average molecular weight is 283 g/mol. The molecule has 1 unspecified atom stereocenters. The van der Waals surface area contributed by atoms with E-state index in [9.17, 15) is 14.3 Å². The molecule has 3 N–H and O–H groups in total. The van der Waals surface area contributed by atoms with Gasteiger partial charge < -0.3 is 15.6 Å². The molecule has 0 saturated carbocycles. The van der Waals surface area contributed by atoms with Crippen molar-refractivity contribution in [1.82, 2.24) is 0 Å². The van der Waals surface area contributed by atoms with Crippen LogP contribution in [0.1, 0.15) is 32.3 Å². The summed E-state index contributed by atoms with van der Waals surface area (Å²) in [5, 5.41) is 9.87. The summed E-state index contributed by atoms with van der Waals surface area (Å²) in [5.74, 6) is -0.956. The van der Waals surface area contributed by atoms with Gasteiger partial charge in [-0.2, -0.15) is 0 Å². The van der Waals surface area contributed by atoms with Crippen LogP contribution in [0.5, 0.6) is 0 Å². The molecule has 1 aromatic rings. The largest absolute Gasteiger partial charge is 0.468 e. The first kappa shape index (κ1) is 16.6. The lowest BCUT2D eigenvalue weighted by molar-refractivity contribution is -0.148. The van der Waals surface area contributed by atoms with Gasteiger partial charge in [0, 0.05) is 6.54 Å². The van der Waals surface area contributed by atoms with E-state index in [0.29, 0.717) is 12.0 Å². The zero-order chi connectivity index (χ0) is 15.4. The lowest BCUT2D eigenvalue weighted by atomic mass is 9.75. The van der Waals surface area contributed by atoms with Crippen LogP contribution in [-0.4, -0.2) is 30.3 Å². The van der Waals surface area contributed by atoms with Crippen LogP contribution in [0.4, 0.5) is 4.39 Å². The van der Waals surface area contributed by atoms with Crippen molar-refractivity contribution in [3.8, 4) is 0 Å². The minimum absolute atomic E-state index is 0.0147. The highest BCUT2D eigenvalue weighted by molar-refractivity contribution is 5.83. The molecule has 0 saturated heterocycles. The van der Waals surface area contributed by atoms with Crippen molar-refractivity contribution in [1.29, 1.82) is 0 Å². The lowest BCUT2D eigenvalue weighted by Crippen LogP contribution is -2.45. The third-order valence-electron chi connectivity index (χ3n) is 3.47. The normalized spacial score (nSPS) is 14.7. The van der Waals surface area contributed by atoms with Crippen LogP contribution >= 0.6 is 0 Å². The molecule has 0 aliphatic carbocycles. The van der Waals surface area contributed by atoms with E-state index in [2.05, 4.69) is 0 Å². The van der Waals surface area contributed by atoms with Gasteiger partial charge in [0.15, 0.2) is 0 Å². The summed E-state index contributed by atoms with van der Waals surface area (Å²) < 4.78 is 18.3. The fourth-order valence-electron chi connectivity index (χ4n) is 2.17. The lowest BCUT2D eigenvalue weighted by Gasteiger charge is -2.32. The number of hydrogen-bond acceptors (Lipinski definition) is 4. The summed E-state index contributed by atoms with van der Waals surface area (Å²) in [6, 6.07) is 5.77. The van der Waals surface area contributed by atoms with Gasteiger partial charge in [-0.3, -0.25) is 4.79 Å². The van der Waals surface area contributed by atoms with Crippen LogP contribution in [0, 0.1) is 5.82 Å². The van der Waals surface area contributed by atoms with E-state index in [-0.39, 0.29) is 13.0 Å². The smallest absolute Gasteiger partial charge is 0.317 e. The molecule has 5 heteroatoms. The number of benzene rings is 1. The minimum Gasteiger partial charge on any atom is -0.468 e. The summed E-state index contributed by atoms with van der Waals surface area (Å²) in [6.07, 6.45) is 0.624. The second kappa shape index (κ2) is 6.33. The number of carbonyl (C=O) groups is 1. The molecule has 0 spiro atoms. The fraction of sp³-hybridized carbons (Fsp3) is 0.533.